The lowest BCUT2D eigenvalue weighted by molar-refractivity contribution is 0.0323. The largest absolute Gasteiger partial charge is 0.381 e. The van der Waals surface area contributed by atoms with Crippen molar-refractivity contribution in [2.24, 2.45) is 5.92 Å². The van der Waals surface area contributed by atoms with Crippen molar-refractivity contribution in [2.75, 3.05) is 19.8 Å². The van der Waals surface area contributed by atoms with E-state index in [2.05, 4.69) is 12.2 Å². The Hall–Kier alpha value is -1.00. The summed E-state index contributed by atoms with van der Waals surface area (Å²) >= 11 is 0. The highest BCUT2D eigenvalue weighted by atomic mass is 19.2. The second-order valence-electron chi connectivity index (χ2n) is 4.70. The van der Waals surface area contributed by atoms with Crippen molar-refractivity contribution in [3.63, 3.8) is 0 Å². The minimum absolute atomic E-state index is 0.204. The topological polar surface area (TPSA) is 21.3 Å². The van der Waals surface area contributed by atoms with Gasteiger partial charge in [0.1, 0.15) is 0 Å². The molecule has 0 spiro atoms. The summed E-state index contributed by atoms with van der Waals surface area (Å²) in [5, 5.41) is 3.39. The molecule has 2 nitrogen and oxygen atoms in total. The lowest BCUT2D eigenvalue weighted by atomic mass is 9.89. The number of rotatable bonds is 4. The lowest BCUT2D eigenvalue weighted by Crippen LogP contribution is -2.43. The van der Waals surface area contributed by atoms with Crippen molar-refractivity contribution in [2.45, 2.75) is 25.8 Å². The van der Waals surface area contributed by atoms with Gasteiger partial charge in [0.05, 0.1) is 6.61 Å². The summed E-state index contributed by atoms with van der Waals surface area (Å²) in [6, 6.07) is 4.68. The van der Waals surface area contributed by atoms with E-state index < -0.39 is 11.6 Å². The van der Waals surface area contributed by atoms with Gasteiger partial charge in [-0.2, -0.15) is 0 Å². The van der Waals surface area contributed by atoms with Crippen LogP contribution < -0.4 is 5.32 Å². The maximum atomic E-state index is 13.6. The highest BCUT2D eigenvalue weighted by Crippen LogP contribution is 2.22. The highest BCUT2D eigenvalue weighted by Gasteiger charge is 2.26. The molecule has 0 radical (unpaired) electrons. The Bertz CT molecular complexity index is 395. The van der Waals surface area contributed by atoms with Gasteiger partial charge in [-0.15, -0.1) is 0 Å². The van der Waals surface area contributed by atoms with E-state index in [1.165, 1.54) is 0 Å². The third kappa shape index (κ3) is 3.06. The SMILES string of the molecule is CCNC1CCOCC1Cc1cccc(F)c1F. The number of ether oxygens (including phenoxy) is 1. The smallest absolute Gasteiger partial charge is 0.162 e. The summed E-state index contributed by atoms with van der Waals surface area (Å²) in [5.41, 5.74) is 0.438. The van der Waals surface area contributed by atoms with Gasteiger partial charge < -0.3 is 10.1 Å². The Kier molecular flexibility index (Phi) is 4.66. The molecule has 2 atom stereocenters. The normalized spacial score (nSPS) is 24.2. The van der Waals surface area contributed by atoms with Gasteiger partial charge in [-0.3, -0.25) is 0 Å². The zero-order valence-corrected chi connectivity index (χ0v) is 10.6. The van der Waals surface area contributed by atoms with Crippen LogP contribution in [0.4, 0.5) is 8.78 Å². The van der Waals surface area contributed by atoms with Crippen LogP contribution in [-0.2, 0) is 11.2 Å². The zero-order valence-electron chi connectivity index (χ0n) is 10.6. The molecular weight excluding hydrogens is 236 g/mol. The van der Waals surface area contributed by atoms with Crippen LogP contribution in [0.1, 0.15) is 18.9 Å². The number of benzene rings is 1. The van der Waals surface area contributed by atoms with E-state index in [1.807, 2.05) is 0 Å². The predicted molar refractivity (Wildman–Crippen MR) is 66.5 cm³/mol. The molecule has 4 heteroatoms. The van der Waals surface area contributed by atoms with Gasteiger partial charge in [0, 0.05) is 18.6 Å². The molecular formula is C14H19F2NO. The fraction of sp³-hybridized carbons (Fsp3) is 0.571. The summed E-state index contributed by atoms with van der Waals surface area (Å²) in [5.74, 6) is -1.29. The first-order valence-corrected chi connectivity index (χ1v) is 6.46. The summed E-state index contributed by atoms with van der Waals surface area (Å²) < 4.78 is 32.2. The van der Waals surface area contributed by atoms with E-state index in [0.29, 0.717) is 24.6 Å². The fourth-order valence-corrected chi connectivity index (χ4v) is 2.52. The van der Waals surface area contributed by atoms with Crippen LogP contribution in [0.15, 0.2) is 18.2 Å². The zero-order chi connectivity index (χ0) is 13.0. The van der Waals surface area contributed by atoms with Crippen LogP contribution in [0.2, 0.25) is 0 Å². The van der Waals surface area contributed by atoms with Gasteiger partial charge in [-0.05, 0) is 31.0 Å². The quantitative estimate of drug-likeness (QED) is 0.892. The summed E-state index contributed by atoms with van der Waals surface area (Å²) in [6.07, 6.45) is 1.44. The third-order valence-corrected chi connectivity index (χ3v) is 3.45. The van der Waals surface area contributed by atoms with Crippen molar-refractivity contribution in [1.82, 2.24) is 5.32 Å². The molecule has 1 heterocycles. The van der Waals surface area contributed by atoms with Gasteiger partial charge in [0.15, 0.2) is 11.6 Å². The molecule has 1 N–H and O–H groups in total. The second kappa shape index (κ2) is 6.25. The maximum Gasteiger partial charge on any atom is 0.162 e. The summed E-state index contributed by atoms with van der Waals surface area (Å²) in [6.45, 7) is 4.27. The maximum absolute atomic E-state index is 13.6. The van der Waals surface area contributed by atoms with Crippen molar-refractivity contribution < 1.29 is 13.5 Å². The van der Waals surface area contributed by atoms with Gasteiger partial charge in [-0.25, -0.2) is 8.78 Å². The molecule has 1 aromatic rings. The van der Waals surface area contributed by atoms with Gasteiger partial charge in [0.25, 0.3) is 0 Å². The predicted octanol–water partition coefficient (Wildman–Crippen LogP) is 2.52. The van der Waals surface area contributed by atoms with Gasteiger partial charge in [-0.1, -0.05) is 19.1 Å². The van der Waals surface area contributed by atoms with Crippen LogP contribution in [-0.4, -0.2) is 25.8 Å². The van der Waals surface area contributed by atoms with Crippen molar-refractivity contribution in [1.29, 1.82) is 0 Å². The Balaban J connectivity index is 2.08. The van der Waals surface area contributed by atoms with Gasteiger partial charge in [0.2, 0.25) is 0 Å². The number of hydrogen-bond donors (Lipinski definition) is 1. The minimum atomic E-state index is -0.774. The van der Waals surface area contributed by atoms with E-state index in [1.54, 1.807) is 12.1 Å². The first-order valence-electron chi connectivity index (χ1n) is 6.46. The Morgan fingerprint density at radius 2 is 2.22 bits per heavy atom. The number of hydrogen-bond acceptors (Lipinski definition) is 2. The molecule has 18 heavy (non-hydrogen) atoms. The third-order valence-electron chi connectivity index (χ3n) is 3.45. The molecule has 1 aliphatic heterocycles. The molecule has 0 saturated carbocycles. The van der Waals surface area contributed by atoms with Crippen LogP contribution in [0, 0.1) is 17.6 Å². The molecule has 2 unspecified atom stereocenters. The van der Waals surface area contributed by atoms with E-state index in [9.17, 15) is 8.78 Å². The first kappa shape index (κ1) is 13.4. The average Bonchev–Trinajstić information content (AvgIpc) is 2.37. The monoisotopic (exact) mass is 255 g/mol. The van der Waals surface area contributed by atoms with E-state index in [4.69, 9.17) is 4.74 Å². The summed E-state index contributed by atoms with van der Waals surface area (Å²) in [4.78, 5) is 0. The van der Waals surface area contributed by atoms with E-state index in [-0.39, 0.29) is 5.92 Å². The average molecular weight is 255 g/mol. The van der Waals surface area contributed by atoms with E-state index >= 15 is 0 Å². The van der Waals surface area contributed by atoms with Crippen molar-refractivity contribution in [3.05, 3.63) is 35.4 Å². The fourth-order valence-electron chi connectivity index (χ4n) is 2.52. The first-order chi connectivity index (χ1) is 8.72. The van der Waals surface area contributed by atoms with E-state index in [0.717, 1.165) is 25.6 Å². The Morgan fingerprint density at radius 1 is 1.39 bits per heavy atom. The molecule has 1 aromatic carbocycles. The Morgan fingerprint density at radius 3 is 3.00 bits per heavy atom. The summed E-state index contributed by atoms with van der Waals surface area (Å²) in [7, 11) is 0. The minimum Gasteiger partial charge on any atom is -0.381 e. The van der Waals surface area contributed by atoms with Gasteiger partial charge >= 0.3 is 0 Å². The molecule has 2 rings (SSSR count). The molecule has 0 aromatic heterocycles. The van der Waals surface area contributed by atoms with Crippen LogP contribution >= 0.6 is 0 Å². The molecule has 0 amide bonds. The number of nitrogens with one attached hydrogen (secondary N) is 1. The number of halogens is 2. The molecule has 1 aliphatic rings. The van der Waals surface area contributed by atoms with Crippen LogP contribution in [0.3, 0.4) is 0 Å². The standard InChI is InChI=1S/C14H19F2NO/c1-2-17-13-6-7-18-9-11(13)8-10-4-3-5-12(15)14(10)16/h3-5,11,13,17H,2,6-9H2,1H3. The van der Waals surface area contributed by atoms with Crippen LogP contribution in [0.25, 0.3) is 0 Å². The highest BCUT2D eigenvalue weighted by molar-refractivity contribution is 5.20. The lowest BCUT2D eigenvalue weighted by Gasteiger charge is -2.32. The van der Waals surface area contributed by atoms with Crippen molar-refractivity contribution in [3.8, 4) is 0 Å². The van der Waals surface area contributed by atoms with Crippen LogP contribution in [0.5, 0.6) is 0 Å². The molecule has 1 saturated heterocycles. The molecule has 0 bridgehead atoms. The molecule has 100 valence electrons. The molecule has 0 aliphatic carbocycles. The molecule has 1 fully saturated rings. The second-order valence-corrected chi connectivity index (χ2v) is 4.70. The van der Waals surface area contributed by atoms with Crippen molar-refractivity contribution >= 4 is 0 Å². The Labute approximate surface area is 106 Å².